The van der Waals surface area contributed by atoms with E-state index in [2.05, 4.69) is 4.98 Å². The standard InChI is InChI=1S/C11H13N3O4/c1-7-8(14(17)18)4-5-10(12-7)13-6-2-3-9(13)11(15)16/h4-5,9H,2-3,6H2,1H3,(H,15,16)/t9-/m1/s1. The zero-order valence-corrected chi connectivity index (χ0v) is 9.87. The molecule has 1 atom stereocenters. The molecule has 7 nitrogen and oxygen atoms in total. The molecule has 96 valence electrons. The van der Waals surface area contributed by atoms with Gasteiger partial charge in [0.15, 0.2) is 0 Å². The van der Waals surface area contributed by atoms with Gasteiger partial charge in [-0.05, 0) is 25.8 Å². The monoisotopic (exact) mass is 251 g/mol. The number of hydrogen-bond acceptors (Lipinski definition) is 5. The Hall–Kier alpha value is -2.18. The molecule has 2 heterocycles. The van der Waals surface area contributed by atoms with Crippen molar-refractivity contribution in [1.29, 1.82) is 0 Å². The van der Waals surface area contributed by atoms with Crippen molar-refractivity contribution in [2.75, 3.05) is 11.4 Å². The molecule has 1 aliphatic rings. The van der Waals surface area contributed by atoms with Gasteiger partial charge in [0.1, 0.15) is 17.6 Å². The third-order valence-corrected chi connectivity index (χ3v) is 3.07. The fourth-order valence-corrected chi connectivity index (χ4v) is 2.19. The lowest BCUT2D eigenvalue weighted by Gasteiger charge is -2.22. The first-order chi connectivity index (χ1) is 8.50. The van der Waals surface area contributed by atoms with Crippen molar-refractivity contribution in [2.45, 2.75) is 25.8 Å². The fraction of sp³-hybridized carbons (Fsp3) is 0.455. The summed E-state index contributed by atoms with van der Waals surface area (Å²) in [4.78, 5) is 27.1. The molecule has 0 aromatic carbocycles. The van der Waals surface area contributed by atoms with E-state index in [-0.39, 0.29) is 5.69 Å². The molecule has 1 aliphatic heterocycles. The van der Waals surface area contributed by atoms with Crippen LogP contribution in [0.3, 0.4) is 0 Å². The van der Waals surface area contributed by atoms with Crippen LogP contribution < -0.4 is 4.90 Å². The van der Waals surface area contributed by atoms with E-state index in [1.807, 2.05) is 0 Å². The first kappa shape index (κ1) is 12.3. The van der Waals surface area contributed by atoms with Gasteiger partial charge < -0.3 is 10.0 Å². The molecule has 0 saturated carbocycles. The molecular weight excluding hydrogens is 238 g/mol. The number of carboxylic acids is 1. The molecule has 1 saturated heterocycles. The smallest absolute Gasteiger partial charge is 0.326 e. The molecule has 0 radical (unpaired) electrons. The second-order valence-corrected chi connectivity index (χ2v) is 4.22. The van der Waals surface area contributed by atoms with Crippen LogP contribution in [0.2, 0.25) is 0 Å². The summed E-state index contributed by atoms with van der Waals surface area (Å²) >= 11 is 0. The number of nitro groups is 1. The number of aromatic nitrogens is 1. The lowest BCUT2D eigenvalue weighted by atomic mass is 10.2. The summed E-state index contributed by atoms with van der Waals surface area (Å²) in [6, 6.07) is 2.29. The highest BCUT2D eigenvalue weighted by Gasteiger charge is 2.31. The van der Waals surface area contributed by atoms with Crippen LogP contribution >= 0.6 is 0 Å². The van der Waals surface area contributed by atoms with Gasteiger partial charge in [0, 0.05) is 12.6 Å². The van der Waals surface area contributed by atoms with Crippen LogP contribution in [0.25, 0.3) is 0 Å². The van der Waals surface area contributed by atoms with Crippen molar-refractivity contribution >= 4 is 17.5 Å². The van der Waals surface area contributed by atoms with Gasteiger partial charge >= 0.3 is 5.97 Å². The fourth-order valence-electron chi connectivity index (χ4n) is 2.19. The minimum absolute atomic E-state index is 0.0511. The molecule has 0 spiro atoms. The van der Waals surface area contributed by atoms with Crippen LogP contribution in [0.15, 0.2) is 12.1 Å². The highest BCUT2D eigenvalue weighted by molar-refractivity contribution is 5.78. The largest absolute Gasteiger partial charge is 0.480 e. The van der Waals surface area contributed by atoms with E-state index in [1.54, 1.807) is 11.8 Å². The van der Waals surface area contributed by atoms with Gasteiger partial charge in [-0.2, -0.15) is 0 Å². The van der Waals surface area contributed by atoms with Gasteiger partial charge in [0.05, 0.1) is 4.92 Å². The number of carbonyl (C=O) groups is 1. The van der Waals surface area contributed by atoms with Crippen LogP contribution in [0.4, 0.5) is 11.5 Å². The molecular formula is C11H13N3O4. The quantitative estimate of drug-likeness (QED) is 0.643. The summed E-state index contributed by atoms with van der Waals surface area (Å²) in [5.74, 6) is -0.395. The number of aliphatic carboxylic acids is 1. The van der Waals surface area contributed by atoms with Crippen molar-refractivity contribution in [1.82, 2.24) is 4.98 Å². The Bertz CT molecular complexity index is 503. The van der Waals surface area contributed by atoms with Gasteiger partial charge in [-0.15, -0.1) is 0 Å². The highest BCUT2D eigenvalue weighted by Crippen LogP contribution is 2.26. The molecule has 1 aromatic rings. The Kier molecular flexibility index (Phi) is 3.14. The van der Waals surface area contributed by atoms with E-state index < -0.39 is 16.9 Å². The molecule has 2 rings (SSSR count). The van der Waals surface area contributed by atoms with Gasteiger partial charge in [-0.3, -0.25) is 10.1 Å². The Morgan fingerprint density at radius 1 is 1.61 bits per heavy atom. The van der Waals surface area contributed by atoms with Gasteiger partial charge in [-0.1, -0.05) is 0 Å². The summed E-state index contributed by atoms with van der Waals surface area (Å²) in [5.41, 5.74) is 0.248. The van der Waals surface area contributed by atoms with Crippen LogP contribution in [0.5, 0.6) is 0 Å². The number of carboxylic acid groups (broad SMARTS) is 1. The number of anilines is 1. The third kappa shape index (κ3) is 2.11. The molecule has 0 unspecified atom stereocenters. The van der Waals surface area contributed by atoms with Crippen LogP contribution in [0, 0.1) is 17.0 Å². The van der Waals surface area contributed by atoms with Gasteiger partial charge in [0.2, 0.25) is 0 Å². The van der Waals surface area contributed by atoms with Crippen molar-refractivity contribution in [3.63, 3.8) is 0 Å². The summed E-state index contributed by atoms with van der Waals surface area (Å²) in [7, 11) is 0. The van der Waals surface area contributed by atoms with Crippen molar-refractivity contribution in [3.8, 4) is 0 Å². The van der Waals surface area contributed by atoms with E-state index in [0.717, 1.165) is 6.42 Å². The SMILES string of the molecule is Cc1nc(N2CCC[C@@H]2C(=O)O)ccc1[N+](=O)[O-]. The number of rotatable bonds is 3. The van der Waals surface area contributed by atoms with Crippen molar-refractivity contribution in [2.24, 2.45) is 0 Å². The third-order valence-electron chi connectivity index (χ3n) is 3.07. The molecule has 0 bridgehead atoms. The summed E-state index contributed by atoms with van der Waals surface area (Å²) in [5, 5.41) is 19.8. The van der Waals surface area contributed by atoms with E-state index in [9.17, 15) is 14.9 Å². The molecule has 7 heteroatoms. The maximum atomic E-state index is 11.1. The van der Waals surface area contributed by atoms with Crippen LogP contribution in [-0.4, -0.2) is 33.6 Å². The molecule has 1 aromatic heterocycles. The molecule has 1 N–H and O–H groups in total. The van der Waals surface area contributed by atoms with Crippen molar-refractivity contribution in [3.05, 3.63) is 27.9 Å². The number of hydrogen-bond donors (Lipinski definition) is 1. The van der Waals surface area contributed by atoms with Crippen LogP contribution in [-0.2, 0) is 4.79 Å². The summed E-state index contributed by atoms with van der Waals surface area (Å²) < 4.78 is 0. The number of pyridine rings is 1. The minimum atomic E-state index is -0.884. The first-order valence-electron chi connectivity index (χ1n) is 5.62. The lowest BCUT2D eigenvalue weighted by Crippen LogP contribution is -2.36. The lowest BCUT2D eigenvalue weighted by molar-refractivity contribution is -0.385. The predicted octanol–water partition coefficient (Wildman–Crippen LogP) is 1.35. The first-order valence-corrected chi connectivity index (χ1v) is 5.62. The maximum Gasteiger partial charge on any atom is 0.326 e. The maximum absolute atomic E-state index is 11.1. The number of aryl methyl sites for hydroxylation is 1. The topological polar surface area (TPSA) is 96.6 Å². The van der Waals surface area contributed by atoms with E-state index in [4.69, 9.17) is 5.11 Å². The molecule has 1 fully saturated rings. The van der Waals surface area contributed by atoms with Crippen molar-refractivity contribution < 1.29 is 14.8 Å². The second kappa shape index (κ2) is 4.59. The molecule has 18 heavy (non-hydrogen) atoms. The normalized spacial score (nSPS) is 18.9. The average molecular weight is 251 g/mol. The van der Waals surface area contributed by atoms with Gasteiger partial charge in [0.25, 0.3) is 5.69 Å². The zero-order chi connectivity index (χ0) is 13.3. The summed E-state index contributed by atoms with van der Waals surface area (Å²) in [6.45, 7) is 2.16. The molecule has 0 amide bonds. The Labute approximate surface area is 103 Å². The van der Waals surface area contributed by atoms with E-state index in [0.29, 0.717) is 24.5 Å². The van der Waals surface area contributed by atoms with Crippen LogP contribution in [0.1, 0.15) is 18.5 Å². The van der Waals surface area contributed by atoms with E-state index in [1.165, 1.54) is 12.1 Å². The minimum Gasteiger partial charge on any atom is -0.480 e. The average Bonchev–Trinajstić information content (AvgIpc) is 2.77. The van der Waals surface area contributed by atoms with E-state index >= 15 is 0 Å². The van der Waals surface area contributed by atoms with Gasteiger partial charge in [-0.25, -0.2) is 9.78 Å². The highest BCUT2D eigenvalue weighted by atomic mass is 16.6. The zero-order valence-electron chi connectivity index (χ0n) is 9.87. The second-order valence-electron chi connectivity index (χ2n) is 4.22. The Morgan fingerprint density at radius 3 is 2.89 bits per heavy atom. The molecule has 0 aliphatic carbocycles. The Morgan fingerprint density at radius 2 is 2.33 bits per heavy atom. The summed E-state index contributed by atoms with van der Waals surface area (Å²) in [6.07, 6.45) is 1.36. The Balaban J connectivity index is 2.32. The predicted molar refractivity (Wildman–Crippen MR) is 63.6 cm³/mol. The number of nitrogens with zero attached hydrogens (tertiary/aromatic N) is 3.